The molecule has 0 aliphatic heterocycles. The summed E-state index contributed by atoms with van der Waals surface area (Å²) < 4.78 is 0. The summed E-state index contributed by atoms with van der Waals surface area (Å²) in [4.78, 5) is 31.5. The van der Waals surface area contributed by atoms with Crippen molar-refractivity contribution in [1.29, 1.82) is 0 Å². The van der Waals surface area contributed by atoms with Crippen molar-refractivity contribution < 1.29 is 117 Å². The molecule has 0 heterocycles. The Hall–Kier alpha value is 5.66. The minimum atomic E-state index is -3.11. The zero-order chi connectivity index (χ0) is 9.00. The second-order valence-corrected chi connectivity index (χ2v) is 11.1. The van der Waals surface area contributed by atoms with Gasteiger partial charge in [0.1, 0.15) is 0 Å². The molecule has 80 valence electrons. The average Bonchev–Trinajstić information content (AvgIpc) is 1.12. The predicted molar refractivity (Wildman–Crippen MR) is 70.1 cm³/mol. The Balaban J connectivity index is -0.00000000762. The van der Waals surface area contributed by atoms with Crippen LogP contribution in [0.5, 0.6) is 0 Å². The number of hydrogen-bond donors (Lipinski definition) is 6. The number of thiol groups is 2. The molecule has 0 saturated heterocycles. The maximum atomic E-state index is 7.87. The molecule has 0 aromatic carbocycles. The fourth-order valence-corrected chi connectivity index (χ4v) is 0. The van der Waals surface area contributed by atoms with E-state index in [1.54, 1.807) is 0 Å². The van der Waals surface area contributed by atoms with Gasteiger partial charge in [0, 0.05) is 0 Å². The zero-order valence-electron chi connectivity index (χ0n) is 8.75. The van der Waals surface area contributed by atoms with Gasteiger partial charge in [-0.2, -0.15) is 0 Å². The summed E-state index contributed by atoms with van der Waals surface area (Å²) in [6.45, 7) is 0. The second-order valence-electron chi connectivity index (χ2n) is 1.03. The van der Waals surface area contributed by atoms with Gasteiger partial charge in [0.05, 0.1) is 0 Å². The van der Waals surface area contributed by atoms with Crippen molar-refractivity contribution in [3.8, 4) is 0 Å². The minimum absolute atomic E-state index is 0. The van der Waals surface area contributed by atoms with E-state index in [-0.39, 0.29) is 124 Å². The van der Waals surface area contributed by atoms with Crippen molar-refractivity contribution in [3.63, 3.8) is 0 Å². The molecule has 0 radical (unpaired) electrons. The largest absolute Gasteiger partial charge is 2.00 e. The number of hydrogen-bond acceptors (Lipinski definition) is 2. The third kappa shape index (κ3) is 261. The van der Waals surface area contributed by atoms with E-state index >= 15 is 0 Å². The van der Waals surface area contributed by atoms with Crippen LogP contribution in [0.25, 0.3) is 0 Å². The molecule has 0 unspecified atom stereocenters. The van der Waals surface area contributed by atoms with Crippen molar-refractivity contribution in [3.05, 3.63) is 0 Å². The molecule has 0 aliphatic carbocycles. The van der Waals surface area contributed by atoms with E-state index in [1.807, 2.05) is 0 Å². The van der Waals surface area contributed by atoms with Gasteiger partial charge in [-0.3, -0.25) is 0 Å². The van der Waals surface area contributed by atoms with Crippen LogP contribution < -0.4 is 0 Å². The Morgan fingerprint density at radius 2 is 0.588 bits per heavy atom. The molecule has 17 heavy (non-hydrogen) atoms. The monoisotopic (exact) mass is 643 g/mol. The van der Waals surface area contributed by atoms with Crippen LogP contribution in [0.4, 0.5) is 0 Å². The summed E-state index contributed by atoms with van der Waals surface area (Å²) in [5.41, 5.74) is -6.22. The molecule has 4 nitrogen and oxygen atoms in total. The van der Waals surface area contributed by atoms with Gasteiger partial charge in [-0.25, -0.2) is 0 Å². The van der Waals surface area contributed by atoms with Crippen LogP contribution in [-0.4, -0.2) is 19.6 Å². The van der Waals surface area contributed by atoms with Gasteiger partial charge in [-0.05, 0) is 23.6 Å². The van der Waals surface area contributed by atoms with Gasteiger partial charge in [0.15, 0.2) is 0 Å². The SMILES string of the molecule is OP(O)(=S)S.OP(O)(=S)S.[S-2].[S-2].[Zn+2].[Zn+2].[Zn+2].[Zn+2].[Zn+2]. The molecule has 0 rings (SSSR count). The van der Waals surface area contributed by atoms with Crippen molar-refractivity contribution in [2.45, 2.75) is 0 Å². The van der Waals surface area contributed by atoms with Gasteiger partial charge in [0.25, 0.3) is 0 Å². The van der Waals surface area contributed by atoms with Crippen molar-refractivity contribution >= 4 is 86.5 Å². The fraction of sp³-hybridized carbons (Fsp3) is 0. The van der Waals surface area contributed by atoms with Gasteiger partial charge in [0.2, 0.25) is 11.4 Å². The Labute approximate surface area is 200 Å². The molecule has 0 aromatic heterocycles. The van der Waals surface area contributed by atoms with Gasteiger partial charge >= 0.3 is 97.4 Å². The Bertz CT molecular complexity index is 145. The number of rotatable bonds is 0. The summed E-state index contributed by atoms with van der Waals surface area (Å²) in [6, 6.07) is 0. The molecule has 0 atom stereocenters. The summed E-state index contributed by atoms with van der Waals surface area (Å²) in [6.07, 6.45) is 0. The molecule has 0 fully saturated rings. The smallest absolute Gasteiger partial charge is 2.00 e. The van der Waals surface area contributed by atoms with E-state index < -0.39 is 11.4 Å². The van der Waals surface area contributed by atoms with E-state index in [4.69, 9.17) is 19.6 Å². The average molecular weight is 651 g/mol. The van der Waals surface area contributed by atoms with E-state index in [1.165, 1.54) is 0 Å². The van der Waals surface area contributed by atoms with Crippen LogP contribution in [0.3, 0.4) is 0 Å². The minimum Gasteiger partial charge on any atom is -2.00 e. The van der Waals surface area contributed by atoms with E-state index in [9.17, 15) is 0 Å². The standard InChI is InChI=1S/2H3O2PS2.2S.5Zn/c2*1-3(2,4)5;;;;;;;/h2*(H3,1,2,4,5);;;;;;;/q;;2*-2;5*+2. The molecule has 0 saturated carbocycles. The summed E-state index contributed by atoms with van der Waals surface area (Å²) in [7, 11) is 0. The molecular formula is H6O4P2S6Zn5+6. The third-order valence-corrected chi connectivity index (χ3v) is 0. The van der Waals surface area contributed by atoms with Crippen LogP contribution in [-0.2, 0) is 148 Å². The fourth-order valence-electron chi connectivity index (χ4n) is 0. The van der Waals surface area contributed by atoms with Crippen molar-refractivity contribution in [2.75, 3.05) is 0 Å². The van der Waals surface area contributed by atoms with E-state index in [2.05, 4.69) is 48.1 Å². The summed E-state index contributed by atoms with van der Waals surface area (Å²) in [5.74, 6) is 0. The Morgan fingerprint density at radius 3 is 0.588 bits per heavy atom. The first kappa shape index (κ1) is 57.0. The van der Waals surface area contributed by atoms with Crippen LogP contribution in [0.1, 0.15) is 0 Å². The summed E-state index contributed by atoms with van der Waals surface area (Å²) in [5, 5.41) is 0. The zero-order valence-corrected chi connectivity index (χ0v) is 30.4. The van der Waals surface area contributed by atoms with Crippen LogP contribution >= 0.6 is 35.9 Å². The molecule has 0 spiro atoms. The van der Waals surface area contributed by atoms with E-state index in [0.717, 1.165) is 0 Å². The molecule has 0 aliphatic rings. The van der Waals surface area contributed by atoms with E-state index in [0.29, 0.717) is 0 Å². The first-order valence-corrected chi connectivity index (χ1v) is 9.29. The molecular weight excluding hydrogens is 645 g/mol. The Morgan fingerprint density at radius 1 is 0.588 bits per heavy atom. The maximum absolute atomic E-state index is 7.87. The van der Waals surface area contributed by atoms with Gasteiger partial charge in [-0.1, -0.05) is 24.5 Å². The molecule has 0 aromatic rings. The van der Waals surface area contributed by atoms with Crippen LogP contribution in [0.2, 0.25) is 0 Å². The topological polar surface area (TPSA) is 80.9 Å². The molecule has 0 bridgehead atoms. The van der Waals surface area contributed by atoms with Crippen molar-refractivity contribution in [2.24, 2.45) is 0 Å². The first-order valence-electron chi connectivity index (χ1n) is 1.57. The van der Waals surface area contributed by atoms with Gasteiger partial charge in [-0.15, -0.1) is 0 Å². The second kappa shape index (κ2) is 29.6. The molecule has 0 amide bonds. The quantitative estimate of drug-likeness (QED) is 0.128. The predicted octanol–water partition coefficient (Wildman–Crippen LogP) is 0.233. The molecule has 4 N–H and O–H groups in total. The maximum Gasteiger partial charge on any atom is 2.00 e. The van der Waals surface area contributed by atoms with Crippen LogP contribution in [0, 0.1) is 0 Å². The van der Waals surface area contributed by atoms with Crippen LogP contribution in [0.15, 0.2) is 0 Å². The normalized spacial score (nSPS) is 6.94. The van der Waals surface area contributed by atoms with Crippen molar-refractivity contribution in [1.82, 2.24) is 0 Å². The van der Waals surface area contributed by atoms with Gasteiger partial charge < -0.3 is 46.6 Å². The third-order valence-electron chi connectivity index (χ3n) is 0. The summed E-state index contributed by atoms with van der Waals surface area (Å²) >= 11 is 14.1. The Kier molecular flexibility index (Phi) is 99.3. The molecule has 17 heteroatoms. The first-order chi connectivity index (χ1) is 4.00.